The summed E-state index contributed by atoms with van der Waals surface area (Å²) in [5.41, 5.74) is 8.92. The molecule has 0 aliphatic carbocycles. The molecule has 3 N–H and O–H groups in total. The average molecular weight is 285 g/mol. The van der Waals surface area contributed by atoms with E-state index in [9.17, 15) is 4.79 Å². The molecule has 2 aromatic rings. The summed E-state index contributed by atoms with van der Waals surface area (Å²) in [4.78, 5) is 16.2. The largest absolute Gasteiger partial charge is 0.492 e. The Bertz CT molecular complexity index is 641. The van der Waals surface area contributed by atoms with Crippen molar-refractivity contribution >= 4 is 11.6 Å². The van der Waals surface area contributed by atoms with Crippen molar-refractivity contribution in [2.45, 2.75) is 20.4 Å². The molecule has 21 heavy (non-hydrogen) atoms. The maximum Gasteiger partial charge on any atom is 0.251 e. The number of nitrogens with zero attached hydrogens (tertiary/aromatic N) is 1. The molecule has 1 aromatic heterocycles. The van der Waals surface area contributed by atoms with Crippen molar-refractivity contribution in [3.8, 4) is 5.75 Å². The molecular weight excluding hydrogens is 266 g/mol. The number of benzene rings is 1. The van der Waals surface area contributed by atoms with Crippen LogP contribution in [0, 0.1) is 6.92 Å². The summed E-state index contributed by atoms with van der Waals surface area (Å²) >= 11 is 0. The standard InChI is InChI=1S/C16H19N3O2/c1-3-21-15-5-4-12(8-14(15)17)16(20)19-10-13-9-18-7-6-11(13)2/h4-9H,3,10,17H2,1-2H3,(H,19,20). The zero-order chi connectivity index (χ0) is 15.2. The Morgan fingerprint density at radius 1 is 1.38 bits per heavy atom. The summed E-state index contributed by atoms with van der Waals surface area (Å²) in [7, 11) is 0. The molecule has 0 atom stereocenters. The van der Waals surface area contributed by atoms with E-state index in [0.29, 0.717) is 30.2 Å². The first kappa shape index (κ1) is 14.8. The van der Waals surface area contributed by atoms with Crippen LogP contribution in [0.4, 0.5) is 5.69 Å². The van der Waals surface area contributed by atoms with Crippen LogP contribution in [-0.2, 0) is 6.54 Å². The van der Waals surface area contributed by atoms with Crippen LogP contribution < -0.4 is 15.8 Å². The van der Waals surface area contributed by atoms with E-state index < -0.39 is 0 Å². The molecule has 0 radical (unpaired) electrons. The van der Waals surface area contributed by atoms with Crippen molar-refractivity contribution in [3.63, 3.8) is 0 Å². The van der Waals surface area contributed by atoms with Crippen molar-refractivity contribution in [2.75, 3.05) is 12.3 Å². The molecule has 1 heterocycles. The second kappa shape index (κ2) is 6.74. The molecule has 0 saturated heterocycles. The lowest BCUT2D eigenvalue weighted by Gasteiger charge is -2.10. The SMILES string of the molecule is CCOc1ccc(C(=O)NCc2cnccc2C)cc1N. The highest BCUT2D eigenvalue weighted by molar-refractivity contribution is 5.95. The van der Waals surface area contributed by atoms with Crippen molar-refractivity contribution in [2.24, 2.45) is 0 Å². The Morgan fingerprint density at radius 3 is 2.86 bits per heavy atom. The number of pyridine rings is 1. The lowest BCUT2D eigenvalue weighted by atomic mass is 10.1. The van der Waals surface area contributed by atoms with Crippen LogP contribution in [0.1, 0.15) is 28.4 Å². The number of aryl methyl sites for hydroxylation is 1. The summed E-state index contributed by atoms with van der Waals surface area (Å²) < 4.78 is 5.35. The fourth-order valence-corrected chi connectivity index (χ4v) is 1.94. The molecule has 5 heteroatoms. The van der Waals surface area contributed by atoms with Gasteiger partial charge < -0.3 is 15.8 Å². The fourth-order valence-electron chi connectivity index (χ4n) is 1.94. The Hall–Kier alpha value is -2.56. The first-order valence-electron chi connectivity index (χ1n) is 6.81. The van der Waals surface area contributed by atoms with Crippen LogP contribution >= 0.6 is 0 Å². The van der Waals surface area contributed by atoms with Crippen LogP contribution in [0.3, 0.4) is 0 Å². The van der Waals surface area contributed by atoms with Gasteiger partial charge in [-0.2, -0.15) is 0 Å². The molecule has 5 nitrogen and oxygen atoms in total. The minimum Gasteiger partial charge on any atom is -0.492 e. The summed E-state index contributed by atoms with van der Waals surface area (Å²) in [6, 6.07) is 6.95. The van der Waals surface area contributed by atoms with E-state index in [4.69, 9.17) is 10.5 Å². The number of ether oxygens (including phenoxy) is 1. The van der Waals surface area contributed by atoms with Gasteiger partial charge in [-0.15, -0.1) is 0 Å². The normalized spacial score (nSPS) is 10.2. The Morgan fingerprint density at radius 2 is 2.19 bits per heavy atom. The third-order valence-corrected chi connectivity index (χ3v) is 3.16. The highest BCUT2D eigenvalue weighted by Gasteiger charge is 2.09. The van der Waals surface area contributed by atoms with Gasteiger partial charge >= 0.3 is 0 Å². The number of anilines is 1. The van der Waals surface area contributed by atoms with Gasteiger partial charge in [0.2, 0.25) is 0 Å². The minimum absolute atomic E-state index is 0.173. The maximum atomic E-state index is 12.1. The van der Waals surface area contributed by atoms with Gasteiger partial charge in [-0.05, 0) is 49.2 Å². The number of carbonyl (C=O) groups is 1. The predicted octanol–water partition coefficient (Wildman–Crippen LogP) is 2.30. The molecule has 0 fully saturated rings. The number of carbonyl (C=O) groups excluding carboxylic acids is 1. The van der Waals surface area contributed by atoms with E-state index >= 15 is 0 Å². The van der Waals surface area contributed by atoms with Crippen molar-refractivity contribution in [1.29, 1.82) is 0 Å². The minimum atomic E-state index is -0.173. The van der Waals surface area contributed by atoms with E-state index in [1.807, 2.05) is 19.9 Å². The first-order chi connectivity index (χ1) is 10.1. The first-order valence-corrected chi connectivity index (χ1v) is 6.81. The molecule has 0 spiro atoms. The summed E-state index contributed by atoms with van der Waals surface area (Å²) in [6.07, 6.45) is 3.48. The van der Waals surface area contributed by atoms with Crippen molar-refractivity contribution in [1.82, 2.24) is 10.3 Å². The topological polar surface area (TPSA) is 77.2 Å². The Labute approximate surface area is 124 Å². The van der Waals surface area contributed by atoms with Gasteiger partial charge in [0.1, 0.15) is 5.75 Å². The number of rotatable bonds is 5. The smallest absolute Gasteiger partial charge is 0.251 e. The molecule has 1 amide bonds. The highest BCUT2D eigenvalue weighted by atomic mass is 16.5. The molecule has 0 bridgehead atoms. The van der Waals surface area contributed by atoms with Gasteiger partial charge in [0, 0.05) is 24.5 Å². The molecule has 0 saturated carbocycles. The molecule has 0 aliphatic heterocycles. The lowest BCUT2D eigenvalue weighted by Crippen LogP contribution is -2.23. The number of amides is 1. The summed E-state index contributed by atoms with van der Waals surface area (Å²) in [5.74, 6) is 0.421. The Kier molecular flexibility index (Phi) is 4.77. The van der Waals surface area contributed by atoms with E-state index in [0.717, 1.165) is 11.1 Å². The summed E-state index contributed by atoms with van der Waals surface area (Å²) in [5, 5.41) is 2.86. The second-order valence-corrected chi connectivity index (χ2v) is 4.67. The van der Waals surface area contributed by atoms with E-state index in [1.54, 1.807) is 30.6 Å². The third-order valence-electron chi connectivity index (χ3n) is 3.16. The number of nitrogens with one attached hydrogen (secondary N) is 1. The Balaban J connectivity index is 2.04. The summed E-state index contributed by atoms with van der Waals surface area (Å²) in [6.45, 7) is 4.84. The van der Waals surface area contributed by atoms with Gasteiger partial charge in [-0.25, -0.2) is 0 Å². The van der Waals surface area contributed by atoms with E-state index in [2.05, 4.69) is 10.3 Å². The second-order valence-electron chi connectivity index (χ2n) is 4.67. The van der Waals surface area contributed by atoms with Crippen LogP contribution in [0.25, 0.3) is 0 Å². The number of nitrogen functional groups attached to an aromatic ring is 1. The number of aromatic nitrogens is 1. The monoisotopic (exact) mass is 285 g/mol. The quantitative estimate of drug-likeness (QED) is 0.826. The van der Waals surface area contributed by atoms with Crippen LogP contribution in [0.2, 0.25) is 0 Å². The van der Waals surface area contributed by atoms with E-state index in [-0.39, 0.29) is 5.91 Å². The fraction of sp³-hybridized carbons (Fsp3) is 0.250. The van der Waals surface area contributed by atoms with Gasteiger partial charge in [0.25, 0.3) is 5.91 Å². The van der Waals surface area contributed by atoms with Gasteiger partial charge in [-0.1, -0.05) is 0 Å². The van der Waals surface area contributed by atoms with Gasteiger partial charge in [-0.3, -0.25) is 9.78 Å². The van der Waals surface area contributed by atoms with Crippen molar-refractivity contribution < 1.29 is 9.53 Å². The van der Waals surface area contributed by atoms with Crippen LogP contribution in [0.5, 0.6) is 5.75 Å². The maximum absolute atomic E-state index is 12.1. The van der Waals surface area contributed by atoms with Crippen molar-refractivity contribution in [3.05, 3.63) is 53.3 Å². The van der Waals surface area contributed by atoms with Gasteiger partial charge in [0.05, 0.1) is 12.3 Å². The van der Waals surface area contributed by atoms with E-state index in [1.165, 1.54) is 0 Å². The molecule has 1 aromatic carbocycles. The number of nitrogens with two attached hydrogens (primary N) is 1. The number of hydrogen-bond acceptors (Lipinski definition) is 4. The zero-order valence-corrected chi connectivity index (χ0v) is 12.2. The van der Waals surface area contributed by atoms with Crippen LogP contribution in [-0.4, -0.2) is 17.5 Å². The molecule has 110 valence electrons. The molecular formula is C16H19N3O2. The number of hydrogen-bond donors (Lipinski definition) is 2. The zero-order valence-electron chi connectivity index (χ0n) is 12.2. The lowest BCUT2D eigenvalue weighted by molar-refractivity contribution is 0.0951. The molecule has 0 unspecified atom stereocenters. The van der Waals surface area contributed by atoms with Crippen LogP contribution in [0.15, 0.2) is 36.7 Å². The highest BCUT2D eigenvalue weighted by Crippen LogP contribution is 2.22. The third kappa shape index (κ3) is 3.72. The average Bonchev–Trinajstić information content (AvgIpc) is 2.48. The van der Waals surface area contributed by atoms with Gasteiger partial charge in [0.15, 0.2) is 0 Å². The molecule has 0 aliphatic rings. The predicted molar refractivity (Wildman–Crippen MR) is 82.2 cm³/mol. The molecule has 2 rings (SSSR count).